The largest absolute Gasteiger partial charge is 0.484 e. The zero-order valence-corrected chi connectivity index (χ0v) is 17.1. The molecular formula is C23H31NO2. The molecule has 1 unspecified atom stereocenters. The molecule has 0 spiro atoms. The fourth-order valence-corrected chi connectivity index (χ4v) is 3.01. The first-order chi connectivity index (χ1) is 12.1. The molecule has 2 aromatic carbocycles. The Balaban J connectivity index is 1.93. The van der Waals surface area contributed by atoms with Crippen molar-refractivity contribution < 1.29 is 9.53 Å². The van der Waals surface area contributed by atoms with E-state index in [1.54, 1.807) is 0 Å². The summed E-state index contributed by atoms with van der Waals surface area (Å²) < 4.78 is 5.63. The van der Waals surface area contributed by atoms with Gasteiger partial charge in [-0.25, -0.2) is 0 Å². The van der Waals surface area contributed by atoms with E-state index in [2.05, 4.69) is 59.0 Å². The van der Waals surface area contributed by atoms with Gasteiger partial charge in [-0.2, -0.15) is 0 Å². The average molecular weight is 354 g/mol. The Labute approximate surface area is 157 Å². The summed E-state index contributed by atoms with van der Waals surface area (Å²) in [6.07, 6.45) is 0. The molecule has 2 rings (SSSR count). The number of hydrogen-bond donors (Lipinski definition) is 1. The zero-order chi connectivity index (χ0) is 19.5. The summed E-state index contributed by atoms with van der Waals surface area (Å²) in [4.78, 5) is 12.3. The van der Waals surface area contributed by atoms with Crippen molar-refractivity contribution in [3.63, 3.8) is 0 Å². The van der Waals surface area contributed by atoms with E-state index in [9.17, 15) is 4.79 Å². The van der Waals surface area contributed by atoms with E-state index in [0.29, 0.717) is 5.75 Å². The minimum atomic E-state index is -0.116. The van der Waals surface area contributed by atoms with Gasteiger partial charge in [0.1, 0.15) is 5.75 Å². The Morgan fingerprint density at radius 3 is 2.15 bits per heavy atom. The molecule has 0 aromatic heterocycles. The van der Waals surface area contributed by atoms with E-state index in [1.807, 2.05) is 31.2 Å². The molecular weight excluding hydrogens is 322 g/mol. The smallest absolute Gasteiger partial charge is 0.258 e. The molecule has 0 bridgehead atoms. The van der Waals surface area contributed by atoms with Gasteiger partial charge in [0.25, 0.3) is 5.91 Å². The Morgan fingerprint density at radius 2 is 1.58 bits per heavy atom. The van der Waals surface area contributed by atoms with E-state index < -0.39 is 0 Å². The summed E-state index contributed by atoms with van der Waals surface area (Å²) in [5.74, 6) is 0.596. The summed E-state index contributed by atoms with van der Waals surface area (Å²) in [6.45, 7) is 14.8. The molecule has 0 saturated carbocycles. The number of rotatable bonds is 5. The number of carbonyl (C=O) groups is 1. The van der Waals surface area contributed by atoms with Crippen molar-refractivity contribution in [3.8, 4) is 5.75 Å². The van der Waals surface area contributed by atoms with Gasteiger partial charge in [0.2, 0.25) is 0 Å². The second kappa shape index (κ2) is 7.94. The highest BCUT2D eigenvalue weighted by atomic mass is 16.5. The van der Waals surface area contributed by atoms with Gasteiger partial charge in [0.15, 0.2) is 6.61 Å². The van der Waals surface area contributed by atoms with Crippen molar-refractivity contribution in [1.82, 2.24) is 5.32 Å². The number of amides is 1. The summed E-state index contributed by atoms with van der Waals surface area (Å²) in [7, 11) is 0. The molecule has 1 atom stereocenters. The third-order valence-corrected chi connectivity index (χ3v) is 4.82. The fourth-order valence-electron chi connectivity index (χ4n) is 3.01. The first kappa shape index (κ1) is 20.0. The molecule has 1 amide bonds. The summed E-state index contributed by atoms with van der Waals surface area (Å²) in [5, 5.41) is 3.03. The maximum Gasteiger partial charge on any atom is 0.258 e. The quantitative estimate of drug-likeness (QED) is 0.806. The molecule has 1 N–H and O–H groups in total. The van der Waals surface area contributed by atoms with Gasteiger partial charge in [-0.15, -0.1) is 0 Å². The Hall–Kier alpha value is -2.29. The fraction of sp³-hybridized carbons (Fsp3) is 0.435. The van der Waals surface area contributed by atoms with Gasteiger partial charge in [0.05, 0.1) is 6.04 Å². The molecule has 0 fully saturated rings. The molecule has 0 aliphatic carbocycles. The average Bonchev–Trinajstić information content (AvgIpc) is 2.55. The van der Waals surface area contributed by atoms with Crippen molar-refractivity contribution in [2.75, 3.05) is 6.61 Å². The lowest BCUT2D eigenvalue weighted by atomic mass is 9.87. The van der Waals surface area contributed by atoms with Gasteiger partial charge in [-0.3, -0.25) is 4.79 Å². The second-order valence-electron chi connectivity index (χ2n) is 8.15. The highest BCUT2D eigenvalue weighted by Crippen LogP contribution is 2.24. The molecule has 2 aromatic rings. The van der Waals surface area contributed by atoms with Crippen molar-refractivity contribution in [2.24, 2.45) is 0 Å². The zero-order valence-electron chi connectivity index (χ0n) is 17.1. The summed E-state index contributed by atoms with van der Waals surface area (Å²) in [5.41, 5.74) is 6.20. The molecule has 0 heterocycles. The maximum atomic E-state index is 12.3. The number of carbonyl (C=O) groups excluding carboxylic acids is 1. The maximum absolute atomic E-state index is 12.3. The first-order valence-electron chi connectivity index (χ1n) is 9.18. The molecule has 0 radical (unpaired) electrons. The summed E-state index contributed by atoms with van der Waals surface area (Å²) >= 11 is 0. The van der Waals surface area contributed by atoms with Gasteiger partial charge in [-0.1, -0.05) is 45.0 Å². The minimum Gasteiger partial charge on any atom is -0.484 e. The number of ether oxygens (including phenoxy) is 1. The van der Waals surface area contributed by atoms with Gasteiger partial charge in [-0.05, 0) is 73.1 Å². The normalized spacial score (nSPS) is 12.6. The highest BCUT2D eigenvalue weighted by molar-refractivity contribution is 5.78. The Morgan fingerprint density at radius 1 is 1.00 bits per heavy atom. The Kier molecular flexibility index (Phi) is 6.12. The lowest BCUT2D eigenvalue weighted by Crippen LogP contribution is -2.31. The minimum absolute atomic E-state index is 0.0170. The van der Waals surface area contributed by atoms with Crippen molar-refractivity contribution in [3.05, 3.63) is 64.2 Å². The van der Waals surface area contributed by atoms with Crippen molar-refractivity contribution >= 4 is 5.91 Å². The van der Waals surface area contributed by atoms with Crippen LogP contribution >= 0.6 is 0 Å². The Bertz CT molecular complexity index is 770. The molecule has 0 aliphatic rings. The van der Waals surface area contributed by atoms with E-state index >= 15 is 0 Å². The SMILES string of the molecule is Cc1cc(C)c(C(C)NC(=O)COc2ccc(C(C)(C)C)cc2)cc1C. The lowest BCUT2D eigenvalue weighted by molar-refractivity contribution is -0.123. The van der Waals surface area contributed by atoms with Gasteiger partial charge in [0, 0.05) is 0 Å². The van der Waals surface area contributed by atoms with Crippen LogP contribution in [-0.4, -0.2) is 12.5 Å². The molecule has 140 valence electrons. The van der Waals surface area contributed by atoms with Crippen LogP contribution in [-0.2, 0) is 10.2 Å². The van der Waals surface area contributed by atoms with Crippen molar-refractivity contribution in [2.45, 2.75) is 59.9 Å². The number of aryl methyl sites for hydroxylation is 3. The number of nitrogens with one attached hydrogen (secondary N) is 1. The van der Waals surface area contributed by atoms with E-state index in [1.165, 1.54) is 22.3 Å². The molecule has 0 aliphatic heterocycles. The molecule has 3 nitrogen and oxygen atoms in total. The molecule has 0 saturated heterocycles. The topological polar surface area (TPSA) is 38.3 Å². The summed E-state index contributed by atoms with van der Waals surface area (Å²) in [6, 6.07) is 12.2. The number of benzene rings is 2. The molecule has 26 heavy (non-hydrogen) atoms. The number of hydrogen-bond acceptors (Lipinski definition) is 2. The third-order valence-electron chi connectivity index (χ3n) is 4.82. The van der Waals surface area contributed by atoms with Crippen LogP contribution in [0, 0.1) is 20.8 Å². The van der Waals surface area contributed by atoms with E-state index in [-0.39, 0.29) is 24.0 Å². The highest BCUT2D eigenvalue weighted by Gasteiger charge is 2.15. The lowest BCUT2D eigenvalue weighted by Gasteiger charge is -2.20. The van der Waals surface area contributed by atoms with E-state index in [4.69, 9.17) is 4.74 Å². The van der Waals surface area contributed by atoms with Gasteiger partial charge < -0.3 is 10.1 Å². The monoisotopic (exact) mass is 353 g/mol. The second-order valence-corrected chi connectivity index (χ2v) is 8.15. The van der Waals surface area contributed by atoms with Crippen LogP contribution in [0.2, 0.25) is 0 Å². The first-order valence-corrected chi connectivity index (χ1v) is 9.18. The van der Waals surface area contributed by atoms with Crippen LogP contribution in [0.5, 0.6) is 5.75 Å². The standard InChI is InChI=1S/C23H31NO2/c1-15-12-17(3)21(13-16(15)2)18(4)24-22(25)14-26-20-10-8-19(9-11-20)23(5,6)7/h8-13,18H,14H2,1-7H3,(H,24,25). The third kappa shape index (κ3) is 5.10. The van der Waals surface area contributed by atoms with Crippen molar-refractivity contribution in [1.29, 1.82) is 0 Å². The van der Waals surface area contributed by atoms with Crippen LogP contribution in [0.4, 0.5) is 0 Å². The van der Waals surface area contributed by atoms with Crippen LogP contribution in [0.15, 0.2) is 36.4 Å². The van der Waals surface area contributed by atoms with Crippen LogP contribution < -0.4 is 10.1 Å². The molecule has 3 heteroatoms. The van der Waals surface area contributed by atoms with Crippen LogP contribution in [0.3, 0.4) is 0 Å². The van der Waals surface area contributed by atoms with Crippen LogP contribution in [0.25, 0.3) is 0 Å². The predicted octanol–water partition coefficient (Wildman–Crippen LogP) is 5.17. The predicted molar refractivity (Wildman–Crippen MR) is 108 cm³/mol. The van der Waals surface area contributed by atoms with E-state index in [0.717, 1.165) is 5.56 Å². The van der Waals surface area contributed by atoms with Crippen LogP contribution in [0.1, 0.15) is 61.6 Å². The van der Waals surface area contributed by atoms with Gasteiger partial charge >= 0.3 is 0 Å².